The van der Waals surface area contributed by atoms with Crippen molar-refractivity contribution < 1.29 is 0 Å². The van der Waals surface area contributed by atoms with Crippen LogP contribution >= 0.6 is 0 Å². The molecule has 1 aliphatic rings. The smallest absolute Gasteiger partial charge is 0.0234 e. The second-order valence-electron chi connectivity index (χ2n) is 5.31. The molecule has 2 rings (SSSR count). The highest BCUT2D eigenvalue weighted by atomic mass is 15.3. The molecule has 3 nitrogen and oxygen atoms in total. The van der Waals surface area contributed by atoms with Gasteiger partial charge in [-0.2, -0.15) is 0 Å². The molecule has 19 heavy (non-hydrogen) atoms. The number of rotatable bonds is 6. The normalized spacial score (nSPS) is 17.8. The Balaban J connectivity index is 1.79. The molecule has 0 aromatic heterocycles. The molecule has 0 saturated carbocycles. The Bertz CT molecular complexity index is 353. The van der Waals surface area contributed by atoms with Gasteiger partial charge in [-0.3, -0.25) is 4.90 Å². The van der Waals surface area contributed by atoms with Crippen molar-refractivity contribution in [3.8, 4) is 0 Å². The maximum Gasteiger partial charge on any atom is 0.0234 e. The maximum absolute atomic E-state index is 3.36. The van der Waals surface area contributed by atoms with E-state index in [1.807, 2.05) is 0 Å². The average molecular weight is 261 g/mol. The third-order valence-corrected chi connectivity index (χ3v) is 3.92. The van der Waals surface area contributed by atoms with E-state index < -0.39 is 0 Å². The summed E-state index contributed by atoms with van der Waals surface area (Å²) < 4.78 is 0. The SMILES string of the molecule is CCNCc1ccc(CN2CCN(CC)CC2)cc1. The number of nitrogens with one attached hydrogen (secondary N) is 1. The summed E-state index contributed by atoms with van der Waals surface area (Å²) in [6, 6.07) is 9.05. The van der Waals surface area contributed by atoms with E-state index >= 15 is 0 Å². The molecular weight excluding hydrogens is 234 g/mol. The van der Waals surface area contributed by atoms with Crippen molar-refractivity contribution in [1.29, 1.82) is 0 Å². The predicted molar refractivity (Wildman–Crippen MR) is 81.2 cm³/mol. The van der Waals surface area contributed by atoms with Gasteiger partial charge in [0.05, 0.1) is 0 Å². The van der Waals surface area contributed by atoms with Crippen LogP contribution in [-0.2, 0) is 13.1 Å². The Labute approximate surface area is 117 Å². The summed E-state index contributed by atoms with van der Waals surface area (Å²) in [5, 5.41) is 3.36. The zero-order valence-corrected chi connectivity index (χ0v) is 12.4. The second kappa shape index (κ2) is 7.63. The first kappa shape index (κ1) is 14.5. The summed E-state index contributed by atoms with van der Waals surface area (Å²) in [5.41, 5.74) is 2.81. The lowest BCUT2D eigenvalue weighted by Crippen LogP contribution is -2.45. The number of nitrogens with zero attached hydrogens (tertiary/aromatic N) is 2. The van der Waals surface area contributed by atoms with Crippen molar-refractivity contribution in [3.63, 3.8) is 0 Å². The Morgan fingerprint density at radius 3 is 2.05 bits per heavy atom. The standard InChI is InChI=1S/C16H27N3/c1-3-17-13-15-5-7-16(8-6-15)14-19-11-9-18(4-2)10-12-19/h5-8,17H,3-4,9-14H2,1-2H3. The van der Waals surface area contributed by atoms with Gasteiger partial charge in [0.2, 0.25) is 0 Å². The minimum absolute atomic E-state index is 0.978. The Morgan fingerprint density at radius 2 is 1.47 bits per heavy atom. The topological polar surface area (TPSA) is 18.5 Å². The van der Waals surface area contributed by atoms with E-state index in [2.05, 4.69) is 53.2 Å². The highest BCUT2D eigenvalue weighted by Gasteiger charge is 2.15. The van der Waals surface area contributed by atoms with Gasteiger partial charge in [-0.05, 0) is 24.2 Å². The van der Waals surface area contributed by atoms with Crippen molar-refractivity contribution >= 4 is 0 Å². The van der Waals surface area contributed by atoms with Gasteiger partial charge in [-0.1, -0.05) is 38.1 Å². The van der Waals surface area contributed by atoms with Crippen molar-refractivity contribution in [3.05, 3.63) is 35.4 Å². The highest BCUT2D eigenvalue weighted by molar-refractivity contribution is 5.22. The first-order chi connectivity index (χ1) is 9.31. The third-order valence-electron chi connectivity index (χ3n) is 3.92. The van der Waals surface area contributed by atoms with Crippen LogP contribution in [0, 0.1) is 0 Å². The van der Waals surface area contributed by atoms with Crippen LogP contribution < -0.4 is 5.32 Å². The van der Waals surface area contributed by atoms with Gasteiger partial charge >= 0.3 is 0 Å². The molecule has 0 aliphatic carbocycles. The zero-order chi connectivity index (χ0) is 13.5. The van der Waals surface area contributed by atoms with Gasteiger partial charge in [-0.15, -0.1) is 0 Å². The molecule has 0 amide bonds. The first-order valence-corrected chi connectivity index (χ1v) is 7.55. The van der Waals surface area contributed by atoms with Crippen molar-refractivity contribution in [1.82, 2.24) is 15.1 Å². The zero-order valence-electron chi connectivity index (χ0n) is 12.4. The molecule has 1 heterocycles. The molecule has 0 spiro atoms. The number of benzene rings is 1. The van der Waals surface area contributed by atoms with Crippen LogP contribution in [0.2, 0.25) is 0 Å². The summed E-state index contributed by atoms with van der Waals surface area (Å²) in [4.78, 5) is 5.08. The van der Waals surface area contributed by atoms with Crippen LogP contribution in [0.15, 0.2) is 24.3 Å². The van der Waals surface area contributed by atoms with Crippen LogP contribution in [0.4, 0.5) is 0 Å². The van der Waals surface area contributed by atoms with Crippen LogP contribution in [-0.4, -0.2) is 49.1 Å². The minimum Gasteiger partial charge on any atom is -0.313 e. The molecule has 1 N–H and O–H groups in total. The van der Waals surface area contributed by atoms with E-state index in [4.69, 9.17) is 0 Å². The fourth-order valence-electron chi connectivity index (χ4n) is 2.55. The van der Waals surface area contributed by atoms with Gasteiger partial charge in [0.15, 0.2) is 0 Å². The largest absolute Gasteiger partial charge is 0.313 e. The van der Waals surface area contributed by atoms with Gasteiger partial charge in [0, 0.05) is 39.3 Å². The van der Waals surface area contributed by atoms with Crippen LogP contribution in [0.5, 0.6) is 0 Å². The molecule has 1 fully saturated rings. The van der Waals surface area contributed by atoms with E-state index in [1.54, 1.807) is 0 Å². The van der Waals surface area contributed by atoms with E-state index in [9.17, 15) is 0 Å². The average Bonchev–Trinajstić information content (AvgIpc) is 2.47. The van der Waals surface area contributed by atoms with Crippen LogP contribution in [0.3, 0.4) is 0 Å². The van der Waals surface area contributed by atoms with E-state index in [1.165, 1.54) is 43.9 Å². The molecule has 0 atom stereocenters. The van der Waals surface area contributed by atoms with Crippen molar-refractivity contribution in [2.24, 2.45) is 0 Å². The second-order valence-corrected chi connectivity index (χ2v) is 5.31. The molecule has 1 aromatic carbocycles. The fourth-order valence-corrected chi connectivity index (χ4v) is 2.55. The molecule has 0 bridgehead atoms. The summed E-state index contributed by atoms with van der Waals surface area (Å²) in [6.45, 7) is 13.5. The van der Waals surface area contributed by atoms with Crippen molar-refractivity contribution in [2.45, 2.75) is 26.9 Å². The minimum atomic E-state index is 0.978. The fraction of sp³-hybridized carbons (Fsp3) is 0.625. The summed E-state index contributed by atoms with van der Waals surface area (Å²) >= 11 is 0. The van der Waals surface area contributed by atoms with E-state index in [0.29, 0.717) is 0 Å². The van der Waals surface area contributed by atoms with Crippen molar-refractivity contribution in [2.75, 3.05) is 39.3 Å². The Kier molecular flexibility index (Phi) is 5.83. The predicted octanol–water partition coefficient (Wildman–Crippen LogP) is 1.93. The number of hydrogen-bond donors (Lipinski definition) is 1. The van der Waals surface area contributed by atoms with E-state index in [0.717, 1.165) is 19.6 Å². The lowest BCUT2D eigenvalue weighted by molar-refractivity contribution is 0.132. The molecule has 1 aromatic rings. The monoisotopic (exact) mass is 261 g/mol. The number of piperazine rings is 1. The quantitative estimate of drug-likeness (QED) is 0.844. The third kappa shape index (κ3) is 4.60. The first-order valence-electron chi connectivity index (χ1n) is 7.55. The Morgan fingerprint density at radius 1 is 0.895 bits per heavy atom. The van der Waals surface area contributed by atoms with Gasteiger partial charge < -0.3 is 10.2 Å². The number of likely N-dealkylation sites (N-methyl/N-ethyl adjacent to an activating group) is 1. The van der Waals surface area contributed by atoms with Gasteiger partial charge in [0.1, 0.15) is 0 Å². The molecule has 3 heteroatoms. The maximum atomic E-state index is 3.36. The molecule has 0 radical (unpaired) electrons. The Hall–Kier alpha value is -0.900. The molecule has 1 aliphatic heterocycles. The lowest BCUT2D eigenvalue weighted by atomic mass is 10.1. The van der Waals surface area contributed by atoms with Gasteiger partial charge in [-0.25, -0.2) is 0 Å². The van der Waals surface area contributed by atoms with Crippen LogP contribution in [0.1, 0.15) is 25.0 Å². The van der Waals surface area contributed by atoms with E-state index in [-0.39, 0.29) is 0 Å². The molecular formula is C16H27N3. The lowest BCUT2D eigenvalue weighted by Gasteiger charge is -2.34. The summed E-state index contributed by atoms with van der Waals surface area (Å²) in [7, 11) is 0. The molecule has 106 valence electrons. The molecule has 1 saturated heterocycles. The van der Waals surface area contributed by atoms with Gasteiger partial charge in [0.25, 0.3) is 0 Å². The highest BCUT2D eigenvalue weighted by Crippen LogP contribution is 2.10. The van der Waals surface area contributed by atoms with Crippen LogP contribution in [0.25, 0.3) is 0 Å². The summed E-state index contributed by atoms with van der Waals surface area (Å²) in [5.74, 6) is 0. The number of hydrogen-bond acceptors (Lipinski definition) is 3. The molecule has 0 unspecified atom stereocenters. The summed E-state index contributed by atoms with van der Waals surface area (Å²) in [6.07, 6.45) is 0.